The summed E-state index contributed by atoms with van der Waals surface area (Å²) in [5, 5.41) is 11.3. The molecule has 5 nitrogen and oxygen atoms in total. The molecule has 1 atom stereocenters. The first-order valence-electron chi connectivity index (χ1n) is 9.02. The molecule has 0 saturated heterocycles. The number of hydrogen-bond donors (Lipinski definition) is 1. The number of aliphatic hydroxyl groups excluding tert-OH is 1. The second kappa shape index (κ2) is 8.29. The maximum absolute atomic E-state index is 13.3. The van der Waals surface area contributed by atoms with E-state index in [1.807, 2.05) is 32.9 Å². The van der Waals surface area contributed by atoms with Crippen LogP contribution < -0.4 is 10.3 Å². The lowest BCUT2D eigenvalue weighted by atomic mass is 10.0. The summed E-state index contributed by atoms with van der Waals surface area (Å²) in [6.45, 7) is 5.98. The Morgan fingerprint density at radius 1 is 1.29 bits per heavy atom. The van der Waals surface area contributed by atoms with Crippen LogP contribution in [0.5, 0.6) is 5.75 Å². The van der Waals surface area contributed by atoms with Gasteiger partial charge >= 0.3 is 0 Å². The van der Waals surface area contributed by atoms with E-state index in [2.05, 4.69) is 4.98 Å². The zero-order valence-electron chi connectivity index (χ0n) is 15.9. The monoisotopic (exact) mass is 404 g/mol. The van der Waals surface area contributed by atoms with E-state index >= 15 is 0 Å². The Bertz CT molecular complexity index is 1070. The molecule has 28 heavy (non-hydrogen) atoms. The molecule has 3 rings (SSSR count). The molecule has 7 heteroatoms. The number of nitrogens with zero attached hydrogens (tertiary/aromatic N) is 2. The lowest BCUT2D eigenvalue weighted by molar-refractivity contribution is 0.0908. The van der Waals surface area contributed by atoms with Crippen molar-refractivity contribution in [3.05, 3.63) is 69.0 Å². The summed E-state index contributed by atoms with van der Waals surface area (Å²) in [5.41, 5.74) is 1.78. The molecule has 1 N–H and O–H groups in total. The minimum absolute atomic E-state index is 0.00862. The molecular weight excluding hydrogens is 383 g/mol. The van der Waals surface area contributed by atoms with Gasteiger partial charge in [0.2, 0.25) is 0 Å². The van der Waals surface area contributed by atoms with Crippen LogP contribution in [0.4, 0.5) is 4.39 Å². The van der Waals surface area contributed by atoms with Gasteiger partial charge in [0, 0.05) is 11.1 Å². The molecule has 0 saturated carbocycles. The van der Waals surface area contributed by atoms with Crippen molar-refractivity contribution >= 4 is 22.5 Å². The first-order valence-corrected chi connectivity index (χ1v) is 9.39. The third-order valence-electron chi connectivity index (χ3n) is 4.54. The quantitative estimate of drug-likeness (QED) is 0.672. The van der Waals surface area contributed by atoms with Crippen LogP contribution in [0.2, 0.25) is 5.02 Å². The van der Waals surface area contributed by atoms with Crippen molar-refractivity contribution in [3.63, 3.8) is 0 Å². The molecule has 0 amide bonds. The molecule has 0 aliphatic rings. The van der Waals surface area contributed by atoms with Crippen molar-refractivity contribution in [1.82, 2.24) is 9.55 Å². The van der Waals surface area contributed by atoms with Gasteiger partial charge in [-0.3, -0.25) is 9.36 Å². The average Bonchev–Trinajstić information content (AvgIpc) is 2.64. The van der Waals surface area contributed by atoms with Gasteiger partial charge in [-0.15, -0.1) is 0 Å². The van der Waals surface area contributed by atoms with E-state index in [4.69, 9.17) is 16.3 Å². The van der Waals surface area contributed by atoms with E-state index in [0.29, 0.717) is 16.2 Å². The molecule has 0 fully saturated rings. The van der Waals surface area contributed by atoms with E-state index in [1.54, 1.807) is 0 Å². The number of ether oxygens (including phenoxy) is 1. The van der Waals surface area contributed by atoms with Crippen molar-refractivity contribution in [2.75, 3.05) is 6.61 Å². The minimum atomic E-state index is -0.923. The molecule has 0 radical (unpaired) electrons. The van der Waals surface area contributed by atoms with Gasteiger partial charge in [0.25, 0.3) is 5.56 Å². The van der Waals surface area contributed by atoms with Gasteiger partial charge in [0.1, 0.15) is 24.3 Å². The second-order valence-corrected chi connectivity index (χ2v) is 7.53. The number of halogens is 2. The molecule has 2 aromatic carbocycles. The van der Waals surface area contributed by atoms with Crippen LogP contribution in [-0.2, 0) is 6.54 Å². The van der Waals surface area contributed by atoms with Crippen molar-refractivity contribution in [1.29, 1.82) is 0 Å². The van der Waals surface area contributed by atoms with Crippen LogP contribution >= 0.6 is 11.6 Å². The lowest BCUT2D eigenvalue weighted by Gasteiger charge is -2.18. The third-order valence-corrected chi connectivity index (χ3v) is 4.95. The minimum Gasteiger partial charge on any atom is -0.491 e. The fourth-order valence-electron chi connectivity index (χ4n) is 2.97. The first-order chi connectivity index (χ1) is 13.3. The molecule has 1 heterocycles. The summed E-state index contributed by atoms with van der Waals surface area (Å²) in [7, 11) is 0. The van der Waals surface area contributed by atoms with Crippen LogP contribution in [0.25, 0.3) is 10.9 Å². The number of aliphatic hydroxyl groups is 1. The predicted octanol–water partition coefficient (Wildman–Crippen LogP) is 4.06. The number of benzene rings is 2. The highest BCUT2D eigenvalue weighted by atomic mass is 35.5. The number of aryl methyl sites for hydroxylation is 1. The summed E-state index contributed by atoms with van der Waals surface area (Å²) in [6.07, 6.45) is 0.382. The van der Waals surface area contributed by atoms with Crippen molar-refractivity contribution in [3.8, 4) is 5.75 Å². The van der Waals surface area contributed by atoms with Gasteiger partial charge in [0.05, 0.1) is 23.8 Å². The van der Waals surface area contributed by atoms with E-state index < -0.39 is 11.9 Å². The Morgan fingerprint density at radius 2 is 2.04 bits per heavy atom. The molecule has 0 spiro atoms. The van der Waals surface area contributed by atoms with Gasteiger partial charge < -0.3 is 9.84 Å². The smallest absolute Gasteiger partial charge is 0.261 e. The molecule has 0 bridgehead atoms. The Labute approximate surface area is 167 Å². The summed E-state index contributed by atoms with van der Waals surface area (Å²) in [5.74, 6) is 0.415. The SMILES string of the molecule is Cc1cc(OCC(O)Cn2cnc3cc(F)ccc3c2=O)c(C(C)C)cc1Cl. The highest BCUT2D eigenvalue weighted by Gasteiger charge is 2.14. The van der Waals surface area contributed by atoms with Crippen LogP contribution in [-0.4, -0.2) is 27.4 Å². The fraction of sp³-hybridized carbons (Fsp3) is 0.333. The molecular formula is C21H22ClFN2O3. The highest BCUT2D eigenvalue weighted by molar-refractivity contribution is 6.31. The Balaban J connectivity index is 1.75. The number of hydrogen-bond acceptors (Lipinski definition) is 4. The van der Waals surface area contributed by atoms with Gasteiger partial charge in [-0.05, 0) is 48.2 Å². The van der Waals surface area contributed by atoms with Crippen molar-refractivity contribution in [2.24, 2.45) is 0 Å². The zero-order valence-corrected chi connectivity index (χ0v) is 16.7. The van der Waals surface area contributed by atoms with E-state index in [0.717, 1.165) is 11.1 Å². The van der Waals surface area contributed by atoms with Crippen LogP contribution in [0, 0.1) is 12.7 Å². The predicted molar refractivity (Wildman–Crippen MR) is 108 cm³/mol. The Kier molecular flexibility index (Phi) is 6.01. The first kappa shape index (κ1) is 20.3. The largest absolute Gasteiger partial charge is 0.491 e. The Morgan fingerprint density at radius 3 is 2.75 bits per heavy atom. The lowest BCUT2D eigenvalue weighted by Crippen LogP contribution is -2.30. The Hall–Kier alpha value is -2.44. The van der Waals surface area contributed by atoms with Crippen LogP contribution in [0.1, 0.15) is 30.9 Å². The summed E-state index contributed by atoms with van der Waals surface area (Å²) < 4.78 is 20.4. The average molecular weight is 405 g/mol. The topological polar surface area (TPSA) is 64.3 Å². The maximum Gasteiger partial charge on any atom is 0.261 e. The molecule has 1 aromatic heterocycles. The molecule has 1 unspecified atom stereocenters. The second-order valence-electron chi connectivity index (χ2n) is 7.12. The van der Waals surface area contributed by atoms with Crippen LogP contribution in [0.15, 0.2) is 41.5 Å². The van der Waals surface area contributed by atoms with Gasteiger partial charge in [-0.2, -0.15) is 0 Å². The van der Waals surface area contributed by atoms with E-state index in [1.165, 1.54) is 29.1 Å². The van der Waals surface area contributed by atoms with Gasteiger partial charge in [-0.25, -0.2) is 9.37 Å². The van der Waals surface area contributed by atoms with Crippen LogP contribution in [0.3, 0.4) is 0 Å². The van der Waals surface area contributed by atoms with Crippen molar-refractivity contribution in [2.45, 2.75) is 39.3 Å². The molecule has 148 valence electrons. The fourth-order valence-corrected chi connectivity index (χ4v) is 3.15. The molecule has 0 aliphatic carbocycles. The summed E-state index contributed by atoms with van der Waals surface area (Å²) >= 11 is 6.20. The van der Waals surface area contributed by atoms with Gasteiger partial charge in [0.15, 0.2) is 0 Å². The number of rotatable bonds is 6. The van der Waals surface area contributed by atoms with E-state index in [9.17, 15) is 14.3 Å². The normalized spacial score (nSPS) is 12.5. The highest BCUT2D eigenvalue weighted by Crippen LogP contribution is 2.32. The molecule has 3 aromatic rings. The summed E-state index contributed by atoms with van der Waals surface area (Å²) in [6, 6.07) is 7.54. The number of fused-ring (bicyclic) bond motifs is 1. The number of aromatic nitrogens is 2. The standard InChI is InChI=1S/C21H22ClFN2O3/c1-12(2)17-8-18(22)13(3)6-20(17)28-10-15(26)9-25-11-24-19-7-14(23)4-5-16(19)21(25)27/h4-8,11-12,15,26H,9-10H2,1-3H3. The zero-order chi connectivity index (χ0) is 20.4. The van der Waals surface area contributed by atoms with Gasteiger partial charge in [-0.1, -0.05) is 25.4 Å². The maximum atomic E-state index is 13.3. The summed E-state index contributed by atoms with van der Waals surface area (Å²) in [4.78, 5) is 16.6. The van der Waals surface area contributed by atoms with Crippen molar-refractivity contribution < 1.29 is 14.2 Å². The third kappa shape index (κ3) is 4.34. The van der Waals surface area contributed by atoms with E-state index in [-0.39, 0.29) is 30.1 Å². The molecule has 0 aliphatic heterocycles.